The number of benzene rings is 1. The molecule has 0 amide bonds. The number of ether oxygens (including phenoxy) is 2. The van der Waals surface area contributed by atoms with Crippen LogP contribution in [0.5, 0.6) is 5.75 Å². The van der Waals surface area contributed by atoms with Crippen molar-refractivity contribution in [2.24, 2.45) is 0 Å². The van der Waals surface area contributed by atoms with Gasteiger partial charge in [0, 0.05) is 36.0 Å². The largest absolute Gasteiger partial charge is 0.488 e. The molecule has 5 heteroatoms. The van der Waals surface area contributed by atoms with Gasteiger partial charge in [0.15, 0.2) is 0 Å². The Labute approximate surface area is 129 Å². The fraction of sp³-hybridized carbons (Fsp3) is 0.600. The molecule has 0 spiro atoms. The summed E-state index contributed by atoms with van der Waals surface area (Å²) in [6.07, 6.45) is 4.51. The predicted octanol–water partition coefficient (Wildman–Crippen LogP) is 3.80. The van der Waals surface area contributed by atoms with E-state index in [1.165, 1.54) is 12.8 Å². The summed E-state index contributed by atoms with van der Waals surface area (Å²) in [7, 11) is 0. The molecule has 0 bridgehead atoms. The first-order valence-electron chi connectivity index (χ1n) is 7.18. The van der Waals surface area contributed by atoms with Crippen LogP contribution in [0.1, 0.15) is 31.2 Å². The summed E-state index contributed by atoms with van der Waals surface area (Å²) >= 11 is 12.4. The number of rotatable bonds is 5. The highest BCUT2D eigenvalue weighted by molar-refractivity contribution is 6.35. The molecule has 1 heterocycles. The summed E-state index contributed by atoms with van der Waals surface area (Å²) in [5.41, 5.74) is 1.04. The second-order valence-corrected chi connectivity index (χ2v) is 6.30. The van der Waals surface area contributed by atoms with Gasteiger partial charge in [-0.25, -0.2) is 0 Å². The van der Waals surface area contributed by atoms with Crippen LogP contribution in [0.25, 0.3) is 0 Å². The van der Waals surface area contributed by atoms with E-state index in [0.29, 0.717) is 16.1 Å². The molecule has 20 heavy (non-hydrogen) atoms. The molecule has 1 saturated carbocycles. The van der Waals surface area contributed by atoms with Crippen LogP contribution in [-0.2, 0) is 11.3 Å². The van der Waals surface area contributed by atoms with Crippen LogP contribution in [0.3, 0.4) is 0 Å². The summed E-state index contributed by atoms with van der Waals surface area (Å²) in [4.78, 5) is 0. The van der Waals surface area contributed by atoms with Gasteiger partial charge in [0.05, 0.1) is 18.2 Å². The van der Waals surface area contributed by atoms with Gasteiger partial charge in [-0.05, 0) is 25.0 Å². The van der Waals surface area contributed by atoms with E-state index in [4.69, 9.17) is 32.7 Å². The van der Waals surface area contributed by atoms with Gasteiger partial charge in [0.1, 0.15) is 11.9 Å². The first-order chi connectivity index (χ1) is 9.72. The van der Waals surface area contributed by atoms with Crippen LogP contribution in [0.2, 0.25) is 10.0 Å². The van der Waals surface area contributed by atoms with E-state index in [1.54, 1.807) is 6.07 Å². The highest BCUT2D eigenvalue weighted by Gasteiger charge is 2.23. The molecule has 110 valence electrons. The highest BCUT2D eigenvalue weighted by Crippen LogP contribution is 2.34. The Morgan fingerprint density at radius 2 is 1.90 bits per heavy atom. The molecule has 0 unspecified atom stereocenters. The summed E-state index contributed by atoms with van der Waals surface area (Å²) in [5.74, 6) is 0.774. The maximum atomic E-state index is 6.32. The summed E-state index contributed by atoms with van der Waals surface area (Å²) < 4.78 is 11.5. The van der Waals surface area contributed by atoms with Crippen LogP contribution in [0.4, 0.5) is 0 Å². The normalized spacial score (nSPS) is 20.1. The molecule has 2 fully saturated rings. The van der Waals surface area contributed by atoms with Crippen LogP contribution >= 0.6 is 23.2 Å². The minimum absolute atomic E-state index is 0.183. The number of hydrogen-bond acceptors (Lipinski definition) is 3. The molecule has 3 nitrogen and oxygen atoms in total. The minimum atomic E-state index is 0.183. The lowest BCUT2D eigenvalue weighted by atomic mass is 10.1. The maximum Gasteiger partial charge on any atom is 0.142 e. The number of nitrogens with one attached hydrogen (secondary N) is 1. The Balaban J connectivity index is 1.74. The van der Waals surface area contributed by atoms with Gasteiger partial charge in [-0.1, -0.05) is 23.2 Å². The number of hydrogen-bond donors (Lipinski definition) is 1. The average molecular weight is 316 g/mol. The van der Waals surface area contributed by atoms with Gasteiger partial charge in [-0.3, -0.25) is 0 Å². The van der Waals surface area contributed by atoms with Gasteiger partial charge in [0.2, 0.25) is 0 Å². The quantitative estimate of drug-likeness (QED) is 0.896. The zero-order valence-corrected chi connectivity index (χ0v) is 12.8. The molecule has 3 rings (SSSR count). The Morgan fingerprint density at radius 3 is 2.60 bits per heavy atom. The standard InChI is InChI=1S/C15H19Cl2NO2/c16-11-7-10(9-18-12-1-2-12)15(14(17)8-11)20-13-3-5-19-6-4-13/h7-8,12-13,18H,1-6,9H2. The van der Waals surface area contributed by atoms with Crippen molar-refractivity contribution in [3.05, 3.63) is 27.7 Å². The third-order valence-electron chi connectivity index (χ3n) is 3.70. The first kappa shape index (κ1) is 14.5. The van der Waals surface area contributed by atoms with Gasteiger partial charge in [-0.15, -0.1) is 0 Å². The van der Waals surface area contributed by atoms with Crippen molar-refractivity contribution in [1.82, 2.24) is 5.32 Å². The molecule has 2 aliphatic rings. The summed E-state index contributed by atoms with van der Waals surface area (Å²) in [6, 6.07) is 4.33. The SMILES string of the molecule is Clc1cc(Cl)c(OC2CCOCC2)c(CNC2CC2)c1. The lowest BCUT2D eigenvalue weighted by molar-refractivity contribution is 0.0252. The molecular weight excluding hydrogens is 297 g/mol. The molecule has 0 radical (unpaired) electrons. The number of halogens is 2. The molecule has 1 aliphatic heterocycles. The second-order valence-electron chi connectivity index (χ2n) is 5.46. The minimum Gasteiger partial charge on any atom is -0.488 e. The van der Waals surface area contributed by atoms with Crippen molar-refractivity contribution in [2.75, 3.05) is 13.2 Å². The lowest BCUT2D eigenvalue weighted by Crippen LogP contribution is -2.27. The van der Waals surface area contributed by atoms with E-state index in [2.05, 4.69) is 5.32 Å². The molecule has 1 N–H and O–H groups in total. The zero-order chi connectivity index (χ0) is 13.9. The molecule has 0 aromatic heterocycles. The summed E-state index contributed by atoms with van der Waals surface area (Å²) in [6.45, 7) is 2.26. The third kappa shape index (κ3) is 3.79. The van der Waals surface area contributed by atoms with Crippen LogP contribution in [0.15, 0.2) is 12.1 Å². The van der Waals surface area contributed by atoms with Crippen molar-refractivity contribution in [2.45, 2.75) is 44.4 Å². The van der Waals surface area contributed by atoms with Crippen molar-refractivity contribution in [1.29, 1.82) is 0 Å². The Bertz CT molecular complexity index is 471. The smallest absolute Gasteiger partial charge is 0.142 e. The van der Waals surface area contributed by atoms with Crippen LogP contribution in [-0.4, -0.2) is 25.4 Å². The summed E-state index contributed by atoms with van der Waals surface area (Å²) in [5, 5.41) is 4.73. The van der Waals surface area contributed by atoms with Crippen molar-refractivity contribution < 1.29 is 9.47 Å². The Hall–Kier alpha value is -0.480. The van der Waals surface area contributed by atoms with Gasteiger partial charge in [0.25, 0.3) is 0 Å². The molecule has 1 aromatic carbocycles. The molecule has 1 saturated heterocycles. The van der Waals surface area contributed by atoms with E-state index < -0.39 is 0 Å². The molecular formula is C15H19Cl2NO2. The Kier molecular flexibility index (Phi) is 4.72. The van der Waals surface area contributed by atoms with E-state index in [1.807, 2.05) is 6.07 Å². The monoisotopic (exact) mass is 315 g/mol. The molecule has 0 atom stereocenters. The van der Waals surface area contributed by atoms with E-state index in [0.717, 1.165) is 43.9 Å². The zero-order valence-electron chi connectivity index (χ0n) is 11.3. The highest BCUT2D eigenvalue weighted by atomic mass is 35.5. The third-order valence-corrected chi connectivity index (χ3v) is 4.20. The topological polar surface area (TPSA) is 30.5 Å². The van der Waals surface area contributed by atoms with Crippen LogP contribution < -0.4 is 10.1 Å². The van der Waals surface area contributed by atoms with Crippen molar-refractivity contribution >= 4 is 23.2 Å². The van der Waals surface area contributed by atoms with Crippen LogP contribution in [0, 0.1) is 0 Å². The fourth-order valence-electron chi connectivity index (χ4n) is 2.38. The Morgan fingerprint density at radius 1 is 1.15 bits per heavy atom. The predicted molar refractivity (Wildman–Crippen MR) is 80.8 cm³/mol. The van der Waals surface area contributed by atoms with Gasteiger partial charge < -0.3 is 14.8 Å². The van der Waals surface area contributed by atoms with Crippen molar-refractivity contribution in [3.8, 4) is 5.75 Å². The first-order valence-corrected chi connectivity index (χ1v) is 7.93. The van der Waals surface area contributed by atoms with E-state index in [-0.39, 0.29) is 6.10 Å². The van der Waals surface area contributed by atoms with E-state index in [9.17, 15) is 0 Å². The molecule has 1 aromatic rings. The second kappa shape index (κ2) is 6.52. The van der Waals surface area contributed by atoms with Crippen molar-refractivity contribution in [3.63, 3.8) is 0 Å². The fourth-order valence-corrected chi connectivity index (χ4v) is 2.96. The lowest BCUT2D eigenvalue weighted by Gasteiger charge is -2.25. The molecule has 1 aliphatic carbocycles. The van der Waals surface area contributed by atoms with Gasteiger partial charge in [-0.2, -0.15) is 0 Å². The van der Waals surface area contributed by atoms with E-state index >= 15 is 0 Å². The van der Waals surface area contributed by atoms with Gasteiger partial charge >= 0.3 is 0 Å². The average Bonchev–Trinajstić information content (AvgIpc) is 3.25. The maximum absolute atomic E-state index is 6.32.